The Morgan fingerprint density at radius 1 is 1.50 bits per heavy atom. The molecule has 0 radical (unpaired) electrons. The van der Waals surface area contributed by atoms with E-state index in [4.69, 9.17) is 11.3 Å². The number of hydrogen-bond acceptors (Lipinski definition) is 1. The van der Waals surface area contributed by atoms with E-state index in [-0.39, 0.29) is 0 Å². The van der Waals surface area contributed by atoms with Crippen molar-refractivity contribution >= 4 is 11.3 Å². The van der Waals surface area contributed by atoms with Gasteiger partial charge in [-0.25, -0.2) is 0 Å². The molecule has 24 valence electrons. The van der Waals surface area contributed by atoms with Gasteiger partial charge in [0.25, 0.3) is 0 Å². The van der Waals surface area contributed by atoms with Crippen molar-refractivity contribution in [3.8, 4) is 0 Å². The first-order valence-electron chi connectivity index (χ1n) is 0.582. The monoisotopic (exact) mass is 226 g/mol. The van der Waals surface area contributed by atoms with Crippen LogP contribution in [0.25, 0.3) is 0 Å². The van der Waals surface area contributed by atoms with Crippen LogP contribution in [0.4, 0.5) is 0 Å². The first-order chi connectivity index (χ1) is 1.73. The second-order valence-corrected chi connectivity index (χ2v) is 8.05. The molecule has 0 bridgehead atoms. The van der Waals surface area contributed by atoms with E-state index < -0.39 is 32.4 Å². The van der Waals surface area contributed by atoms with E-state index in [0.29, 0.717) is 0 Å². The van der Waals surface area contributed by atoms with Gasteiger partial charge in [-0.15, -0.1) is 0 Å². The Hall–Kier alpha value is 1.76. The van der Waals surface area contributed by atoms with Gasteiger partial charge in [0.1, 0.15) is 0 Å². The quantitative estimate of drug-likeness (QED) is 0.608. The van der Waals surface area contributed by atoms with Gasteiger partial charge in [-0.05, 0) is 0 Å². The molecular weight excluding hydrogens is 227 g/mol. The molecule has 4 heteroatoms. The van der Waals surface area contributed by atoms with Gasteiger partial charge >= 0.3 is 44.6 Å². The van der Waals surface area contributed by atoms with Crippen LogP contribution < -0.4 is 0 Å². The van der Waals surface area contributed by atoms with Crippen LogP contribution in [-0.2, 0) is 0.938 Å². The zero-order valence-electron chi connectivity index (χ0n) is 1.66. The minimum absolute atomic E-state index is 2.96. The van der Waals surface area contributed by atoms with Crippen LogP contribution in [-0.4, -0.2) is 0 Å². The molecule has 0 aromatic heterocycles. The molecule has 0 aliphatic heterocycles. The first kappa shape index (κ1) is 5.76. The molecule has 1 nitrogen and oxygen atoms in total. The molecule has 0 saturated heterocycles. The van der Waals surface area contributed by atoms with Crippen molar-refractivity contribution in [2.24, 2.45) is 0 Å². The van der Waals surface area contributed by atoms with Gasteiger partial charge in [0.05, 0.1) is 0 Å². The van der Waals surface area contributed by atoms with Crippen LogP contribution in [0.2, 0.25) is 0 Å². The molecule has 0 aromatic rings. The topological polar surface area (TPSA) is 17.1 Å². The second-order valence-electron chi connectivity index (χ2n) is 0.226. The predicted molar refractivity (Wildman–Crippen MR) is 12.4 cm³/mol. The molecule has 0 rings (SSSR count). The Bertz CT molecular complexity index is 29.0. The van der Waals surface area contributed by atoms with Crippen LogP contribution in [0.15, 0.2) is 0 Å². The summed E-state index contributed by atoms with van der Waals surface area (Å²) in [6.45, 7) is 0. The molecular formula is CeCl2O. The van der Waals surface area contributed by atoms with Crippen molar-refractivity contribution in [1.82, 2.24) is 0 Å². The minimum atomic E-state index is -2.96. The van der Waals surface area contributed by atoms with Gasteiger partial charge in [-0.2, -0.15) is 0 Å². The Morgan fingerprint density at radius 3 is 1.50 bits per heavy atom. The Kier molecular flexibility index (Phi) is 4.27. The third kappa shape index (κ3) is 9.25. The number of rotatable bonds is 0. The zero-order valence-corrected chi connectivity index (χ0v) is 6.32. The molecule has 0 saturated carbocycles. The fourth-order valence-corrected chi connectivity index (χ4v) is 0. The second kappa shape index (κ2) is 2.97. The molecule has 0 spiro atoms. The van der Waals surface area contributed by atoms with Crippen LogP contribution in [0.1, 0.15) is 0 Å². The number of halogens is 2. The maximum atomic E-state index is 9.27. The summed E-state index contributed by atoms with van der Waals surface area (Å²) < 4.78 is 9.27. The Morgan fingerprint density at radius 2 is 1.50 bits per heavy atom. The summed E-state index contributed by atoms with van der Waals surface area (Å²) in [6, 6.07) is 0. The first-order valence-corrected chi connectivity index (χ1v) is 9.74. The van der Waals surface area contributed by atoms with Gasteiger partial charge in [0.2, 0.25) is 0 Å². The Balaban J connectivity index is 2.80. The summed E-state index contributed by atoms with van der Waals surface area (Å²) in [5.41, 5.74) is 9.40. The average molecular weight is 227 g/mol. The summed E-state index contributed by atoms with van der Waals surface area (Å²) in [4.78, 5) is 0. The van der Waals surface area contributed by atoms with Crippen LogP contribution >= 0.6 is 11.3 Å². The molecule has 0 heterocycles. The molecule has 0 aromatic carbocycles. The summed E-state index contributed by atoms with van der Waals surface area (Å²) in [5.74, 6) is 0. The molecule has 0 unspecified atom stereocenters. The average Bonchev–Trinajstić information content (AvgIpc) is 0.811. The van der Waals surface area contributed by atoms with E-state index in [1.807, 2.05) is 0 Å². The van der Waals surface area contributed by atoms with Gasteiger partial charge in [0, 0.05) is 0 Å². The van der Waals surface area contributed by atoms with Crippen molar-refractivity contribution in [2.75, 3.05) is 0 Å². The van der Waals surface area contributed by atoms with E-state index in [9.17, 15) is 0.938 Å². The standard InChI is InChI=1S/Ce.2ClH.O/h;2*1H;/q+2;;;/p-2. The molecule has 0 aliphatic carbocycles. The molecule has 0 aliphatic rings. The molecule has 4 heavy (non-hydrogen) atoms. The van der Waals surface area contributed by atoms with Gasteiger partial charge < -0.3 is 0 Å². The normalized spacial score (nSPS) is 6.50. The zero-order chi connectivity index (χ0) is 3.58. The van der Waals surface area contributed by atoms with E-state index in [1.165, 1.54) is 0 Å². The van der Waals surface area contributed by atoms with Gasteiger partial charge in [-0.3, -0.25) is 0 Å². The third-order valence-corrected chi connectivity index (χ3v) is 0. The van der Waals surface area contributed by atoms with Crippen molar-refractivity contribution < 1.29 is 33.3 Å². The summed E-state index contributed by atoms with van der Waals surface area (Å²) in [6.07, 6.45) is 0. The summed E-state index contributed by atoms with van der Waals surface area (Å²) in [7, 11) is 0. The van der Waals surface area contributed by atoms with Crippen LogP contribution in [0.3, 0.4) is 0 Å². The molecule has 0 fully saturated rings. The van der Waals surface area contributed by atoms with Crippen molar-refractivity contribution in [3.05, 3.63) is 0 Å². The maximum absolute atomic E-state index is 9.27. The summed E-state index contributed by atoms with van der Waals surface area (Å²) in [5, 5.41) is 0. The van der Waals surface area contributed by atoms with E-state index in [2.05, 4.69) is 0 Å². The molecule has 0 amide bonds. The van der Waals surface area contributed by atoms with E-state index in [1.54, 1.807) is 0 Å². The van der Waals surface area contributed by atoms with Crippen LogP contribution in [0.5, 0.6) is 0 Å². The SMILES string of the molecule is [O]=[Ce]([Cl])[Cl]. The summed E-state index contributed by atoms with van der Waals surface area (Å²) >= 11 is -2.96. The molecule has 0 atom stereocenters. The van der Waals surface area contributed by atoms with Crippen LogP contribution in [0, 0.1) is 32.4 Å². The Labute approximate surface area is 43.6 Å². The van der Waals surface area contributed by atoms with E-state index in [0.717, 1.165) is 0 Å². The predicted octanol–water partition coefficient (Wildman–Crippen LogP) is 1.26. The molecule has 0 N–H and O–H groups in total. The van der Waals surface area contributed by atoms with Gasteiger partial charge in [-0.1, -0.05) is 0 Å². The number of hydrogen-bond donors (Lipinski definition) is 0. The fraction of sp³-hybridized carbons (Fsp3) is 0. The third-order valence-electron chi connectivity index (χ3n) is 0. The van der Waals surface area contributed by atoms with Crippen molar-refractivity contribution in [2.45, 2.75) is 0 Å². The van der Waals surface area contributed by atoms with Crippen molar-refractivity contribution in [3.63, 3.8) is 0 Å². The van der Waals surface area contributed by atoms with Crippen molar-refractivity contribution in [1.29, 1.82) is 0 Å². The fourth-order valence-electron chi connectivity index (χ4n) is 0. The van der Waals surface area contributed by atoms with E-state index >= 15 is 0 Å². The van der Waals surface area contributed by atoms with Gasteiger partial charge in [0.15, 0.2) is 0 Å².